The van der Waals surface area contributed by atoms with Crippen molar-refractivity contribution in [2.75, 3.05) is 19.0 Å². The van der Waals surface area contributed by atoms with Crippen molar-refractivity contribution in [2.24, 2.45) is 0 Å². The monoisotopic (exact) mass is 512 g/mol. The van der Waals surface area contributed by atoms with Gasteiger partial charge in [0.2, 0.25) is 5.91 Å². The summed E-state index contributed by atoms with van der Waals surface area (Å²) in [5.74, 6) is 0.508. The summed E-state index contributed by atoms with van der Waals surface area (Å²) >= 11 is 5.78. The lowest BCUT2D eigenvalue weighted by Gasteiger charge is -2.29. The average Bonchev–Trinajstić information content (AvgIpc) is 3.52. The van der Waals surface area contributed by atoms with Crippen LogP contribution in [0.2, 0.25) is 0 Å². The molecule has 0 saturated carbocycles. The molecule has 3 aromatic heterocycles. The summed E-state index contributed by atoms with van der Waals surface area (Å²) in [5, 5.41) is 7.01. The van der Waals surface area contributed by atoms with Crippen LogP contribution in [0.4, 0.5) is 5.69 Å². The zero-order valence-electron chi connectivity index (χ0n) is 20.4. The van der Waals surface area contributed by atoms with Crippen LogP contribution in [0.25, 0.3) is 0 Å². The summed E-state index contributed by atoms with van der Waals surface area (Å²) in [6, 6.07) is 21.1. The number of rotatable bonds is 9. The van der Waals surface area contributed by atoms with E-state index in [4.69, 9.17) is 17.0 Å². The maximum Gasteiger partial charge on any atom is 0.226 e. The Balaban J connectivity index is 1.40. The summed E-state index contributed by atoms with van der Waals surface area (Å²) in [4.78, 5) is 23.9. The number of para-hydroxylation sites is 2. The SMILES string of the molecule is COc1ccccc1NC(=O)CCN1C(=S)N[C@@H](c2ccccn2)[C@H]1c1cccn1Cc1cccnc1. The standard InChI is InChI=1S/C28H28N6O2S/c1-36-24-12-3-2-9-21(24)31-25(35)13-17-34-27(26(32-28(34)37)22-10-4-5-15-30-22)23-11-7-16-33(23)19-20-8-6-14-29-18-20/h2-12,14-16,18,26-27H,13,17,19H2,1H3,(H,31,35)(H,32,37)/t26-,27+/m0/s1. The highest BCUT2D eigenvalue weighted by molar-refractivity contribution is 7.80. The fraction of sp³-hybridized carbons (Fsp3) is 0.214. The molecule has 4 aromatic rings. The van der Waals surface area contributed by atoms with Crippen LogP contribution in [-0.4, -0.2) is 44.1 Å². The Bertz CT molecular complexity index is 1360. The van der Waals surface area contributed by atoms with E-state index >= 15 is 0 Å². The molecular formula is C28H28N6O2S. The van der Waals surface area contributed by atoms with Crippen LogP contribution in [0, 0.1) is 0 Å². The van der Waals surface area contributed by atoms with Crippen LogP contribution in [0.3, 0.4) is 0 Å². The minimum atomic E-state index is -0.159. The second kappa shape index (κ2) is 11.2. The van der Waals surface area contributed by atoms with Crippen molar-refractivity contribution in [3.8, 4) is 5.75 Å². The maximum atomic E-state index is 12.9. The van der Waals surface area contributed by atoms with E-state index in [2.05, 4.69) is 48.4 Å². The van der Waals surface area contributed by atoms with Gasteiger partial charge in [0.25, 0.3) is 0 Å². The zero-order valence-corrected chi connectivity index (χ0v) is 21.3. The van der Waals surface area contributed by atoms with Gasteiger partial charge in [-0.3, -0.25) is 14.8 Å². The van der Waals surface area contributed by atoms with Crippen molar-refractivity contribution in [2.45, 2.75) is 25.0 Å². The van der Waals surface area contributed by atoms with Crippen molar-refractivity contribution < 1.29 is 9.53 Å². The van der Waals surface area contributed by atoms with Crippen LogP contribution < -0.4 is 15.4 Å². The number of ether oxygens (including phenoxy) is 1. The summed E-state index contributed by atoms with van der Waals surface area (Å²) in [7, 11) is 1.59. The van der Waals surface area contributed by atoms with Gasteiger partial charge in [-0.2, -0.15) is 0 Å². The molecule has 37 heavy (non-hydrogen) atoms. The third kappa shape index (κ3) is 5.46. The van der Waals surface area contributed by atoms with E-state index < -0.39 is 0 Å². The van der Waals surface area contributed by atoms with E-state index in [-0.39, 0.29) is 24.4 Å². The number of anilines is 1. The normalized spacial score (nSPS) is 16.9. The average molecular weight is 513 g/mol. The first-order chi connectivity index (χ1) is 18.1. The molecule has 4 heterocycles. The minimum Gasteiger partial charge on any atom is -0.495 e. The van der Waals surface area contributed by atoms with Gasteiger partial charge in [0.05, 0.1) is 30.6 Å². The molecule has 0 bridgehead atoms. The molecule has 2 N–H and O–H groups in total. The van der Waals surface area contributed by atoms with E-state index in [1.807, 2.05) is 60.8 Å². The number of nitrogens with zero attached hydrogens (tertiary/aromatic N) is 4. The van der Waals surface area contributed by atoms with Crippen molar-refractivity contribution in [3.63, 3.8) is 0 Å². The smallest absolute Gasteiger partial charge is 0.226 e. The lowest BCUT2D eigenvalue weighted by Crippen LogP contribution is -2.33. The largest absolute Gasteiger partial charge is 0.495 e. The van der Waals surface area contributed by atoms with Gasteiger partial charge in [-0.05, 0) is 60.2 Å². The summed E-state index contributed by atoms with van der Waals surface area (Å²) in [5.41, 5.74) is 3.72. The molecule has 1 amide bonds. The van der Waals surface area contributed by atoms with Gasteiger partial charge in [-0.1, -0.05) is 24.3 Å². The molecule has 2 atom stereocenters. The predicted molar refractivity (Wildman–Crippen MR) is 146 cm³/mol. The van der Waals surface area contributed by atoms with Gasteiger partial charge in [-0.15, -0.1) is 0 Å². The molecular weight excluding hydrogens is 484 g/mol. The number of hydrogen-bond donors (Lipinski definition) is 2. The predicted octanol–water partition coefficient (Wildman–Crippen LogP) is 4.34. The molecule has 1 aromatic carbocycles. The van der Waals surface area contributed by atoms with Gasteiger partial charge < -0.3 is 24.8 Å². The minimum absolute atomic E-state index is 0.113. The highest BCUT2D eigenvalue weighted by Gasteiger charge is 2.41. The first-order valence-electron chi connectivity index (χ1n) is 12.1. The number of thiocarbonyl (C=S) groups is 1. The second-order valence-corrected chi connectivity index (χ2v) is 9.13. The van der Waals surface area contributed by atoms with Crippen LogP contribution >= 0.6 is 12.2 Å². The number of benzene rings is 1. The quantitative estimate of drug-likeness (QED) is 0.323. The maximum absolute atomic E-state index is 12.9. The van der Waals surface area contributed by atoms with E-state index in [0.717, 1.165) is 17.0 Å². The van der Waals surface area contributed by atoms with Gasteiger partial charge in [0, 0.05) is 50.0 Å². The first-order valence-corrected chi connectivity index (χ1v) is 12.5. The molecule has 1 saturated heterocycles. The molecule has 1 aliphatic heterocycles. The molecule has 1 fully saturated rings. The highest BCUT2D eigenvalue weighted by atomic mass is 32.1. The van der Waals surface area contributed by atoms with Gasteiger partial charge in [-0.25, -0.2) is 0 Å². The van der Waals surface area contributed by atoms with Crippen LogP contribution in [0.1, 0.15) is 35.5 Å². The molecule has 1 aliphatic rings. The molecule has 0 spiro atoms. The number of carbonyl (C=O) groups is 1. The van der Waals surface area contributed by atoms with E-state index in [1.165, 1.54) is 0 Å². The topological polar surface area (TPSA) is 84.3 Å². The second-order valence-electron chi connectivity index (χ2n) is 8.74. The van der Waals surface area contributed by atoms with Crippen molar-refractivity contribution in [1.82, 2.24) is 24.8 Å². The van der Waals surface area contributed by atoms with E-state index in [1.54, 1.807) is 19.5 Å². The van der Waals surface area contributed by atoms with Crippen LogP contribution in [0.15, 0.2) is 91.5 Å². The Kier molecular flexibility index (Phi) is 7.41. The Morgan fingerprint density at radius 2 is 1.95 bits per heavy atom. The van der Waals surface area contributed by atoms with Crippen molar-refractivity contribution in [1.29, 1.82) is 0 Å². The summed E-state index contributed by atoms with van der Waals surface area (Å²) in [6.45, 7) is 1.12. The third-order valence-corrected chi connectivity index (χ3v) is 6.75. The van der Waals surface area contributed by atoms with Crippen molar-refractivity contribution >= 4 is 28.9 Å². The third-order valence-electron chi connectivity index (χ3n) is 6.40. The van der Waals surface area contributed by atoms with Crippen molar-refractivity contribution in [3.05, 3.63) is 108 Å². The van der Waals surface area contributed by atoms with Gasteiger partial charge in [0.15, 0.2) is 5.11 Å². The van der Waals surface area contributed by atoms with E-state index in [0.29, 0.717) is 29.6 Å². The fourth-order valence-electron chi connectivity index (χ4n) is 4.68. The number of carbonyl (C=O) groups excluding carboxylic acids is 1. The highest BCUT2D eigenvalue weighted by Crippen LogP contribution is 2.39. The van der Waals surface area contributed by atoms with Crippen LogP contribution in [0.5, 0.6) is 5.75 Å². The van der Waals surface area contributed by atoms with Crippen LogP contribution in [-0.2, 0) is 11.3 Å². The first kappa shape index (κ1) is 24.5. The molecule has 0 aliphatic carbocycles. The number of hydrogen-bond acceptors (Lipinski definition) is 5. The zero-order chi connectivity index (χ0) is 25.6. The Hall–Kier alpha value is -4.24. The molecule has 8 nitrogen and oxygen atoms in total. The molecule has 0 unspecified atom stereocenters. The lowest BCUT2D eigenvalue weighted by atomic mass is 10.0. The fourth-order valence-corrected chi connectivity index (χ4v) is 5.01. The Morgan fingerprint density at radius 1 is 1.08 bits per heavy atom. The lowest BCUT2D eigenvalue weighted by molar-refractivity contribution is -0.116. The van der Waals surface area contributed by atoms with Gasteiger partial charge >= 0.3 is 0 Å². The molecule has 188 valence electrons. The number of methoxy groups -OCH3 is 1. The molecule has 5 rings (SSSR count). The summed E-state index contributed by atoms with van der Waals surface area (Å²) in [6.07, 6.45) is 7.75. The molecule has 9 heteroatoms. The van der Waals surface area contributed by atoms with Gasteiger partial charge in [0.1, 0.15) is 5.75 Å². The Morgan fingerprint density at radius 3 is 2.73 bits per heavy atom. The number of pyridine rings is 2. The number of amides is 1. The summed E-state index contributed by atoms with van der Waals surface area (Å²) < 4.78 is 7.57. The number of aromatic nitrogens is 3. The van der Waals surface area contributed by atoms with E-state index in [9.17, 15) is 4.79 Å². The Labute approximate surface area is 221 Å². The number of nitrogens with one attached hydrogen (secondary N) is 2. The molecule has 0 radical (unpaired) electrons.